The van der Waals surface area contributed by atoms with Gasteiger partial charge in [-0.05, 0) is 20.3 Å². The standard InChI is InChI=1S/C17H22F7NO8S/c1-10(2)12(26)30-8-5-25-13(27)15(18,17(22,23)24)34(28,29)33-11(16(19,20)21)9-14(3)31-6-4-7-32-14/h11H,1,4-9H2,2-3H3,(H,25,27). The number of hydrogen-bond acceptors (Lipinski definition) is 8. The third-order valence-electron chi connectivity index (χ3n) is 4.24. The maximum atomic E-state index is 14.8. The predicted molar refractivity (Wildman–Crippen MR) is 98.1 cm³/mol. The van der Waals surface area contributed by atoms with E-state index in [1.165, 1.54) is 12.2 Å². The highest BCUT2D eigenvalue weighted by Gasteiger charge is 2.73. The number of nitrogens with one attached hydrogen (secondary N) is 1. The molecule has 34 heavy (non-hydrogen) atoms. The van der Waals surface area contributed by atoms with Crippen molar-refractivity contribution in [2.75, 3.05) is 26.4 Å². The van der Waals surface area contributed by atoms with Crippen molar-refractivity contribution in [2.24, 2.45) is 0 Å². The van der Waals surface area contributed by atoms with E-state index in [9.17, 15) is 48.7 Å². The first-order valence-corrected chi connectivity index (χ1v) is 10.8. The van der Waals surface area contributed by atoms with Crippen molar-refractivity contribution >= 4 is 22.0 Å². The summed E-state index contributed by atoms with van der Waals surface area (Å²) in [4.78, 5) is 23.0. The van der Waals surface area contributed by atoms with Gasteiger partial charge in [0.1, 0.15) is 6.61 Å². The summed E-state index contributed by atoms with van der Waals surface area (Å²) in [5, 5.41) is -4.73. The second kappa shape index (κ2) is 10.7. The van der Waals surface area contributed by atoms with Gasteiger partial charge >= 0.3 is 33.4 Å². The van der Waals surface area contributed by atoms with Crippen LogP contribution in [0.5, 0.6) is 0 Å². The van der Waals surface area contributed by atoms with E-state index < -0.39 is 70.8 Å². The van der Waals surface area contributed by atoms with E-state index in [0.29, 0.717) is 0 Å². The number of carbonyl (C=O) groups is 2. The molecule has 1 rings (SSSR count). The lowest BCUT2D eigenvalue weighted by atomic mass is 10.1. The van der Waals surface area contributed by atoms with Gasteiger partial charge in [0.15, 0.2) is 11.9 Å². The number of halogens is 7. The lowest BCUT2D eigenvalue weighted by Crippen LogP contribution is -2.60. The topological polar surface area (TPSA) is 117 Å². The minimum absolute atomic E-state index is 0.109. The minimum Gasteiger partial charge on any atom is -0.460 e. The number of ether oxygens (including phenoxy) is 3. The largest absolute Gasteiger partial charge is 0.460 e. The van der Waals surface area contributed by atoms with Crippen LogP contribution in [0.15, 0.2) is 12.2 Å². The highest BCUT2D eigenvalue weighted by Crippen LogP contribution is 2.43. The second-order valence-corrected chi connectivity index (χ2v) is 8.90. The third-order valence-corrected chi connectivity index (χ3v) is 5.83. The van der Waals surface area contributed by atoms with Gasteiger partial charge in [-0.2, -0.15) is 34.8 Å². The second-order valence-electron chi connectivity index (χ2n) is 7.23. The molecular formula is C17H22F7NO8S. The van der Waals surface area contributed by atoms with E-state index >= 15 is 0 Å². The van der Waals surface area contributed by atoms with E-state index in [0.717, 1.165) is 6.92 Å². The summed E-state index contributed by atoms with van der Waals surface area (Å²) in [5.41, 5.74) is -0.129. The normalized spacial score (nSPS) is 19.6. The van der Waals surface area contributed by atoms with Crippen LogP contribution < -0.4 is 5.32 Å². The molecule has 0 saturated carbocycles. The number of amides is 1. The maximum absolute atomic E-state index is 14.8. The van der Waals surface area contributed by atoms with Crippen LogP contribution in [-0.4, -0.2) is 75.9 Å². The van der Waals surface area contributed by atoms with Crippen molar-refractivity contribution in [1.29, 1.82) is 0 Å². The first-order valence-electron chi connectivity index (χ1n) is 9.41. The van der Waals surface area contributed by atoms with Crippen molar-refractivity contribution in [3.63, 3.8) is 0 Å². The SMILES string of the molecule is C=C(C)C(=O)OCCNC(=O)C(F)(C(F)(F)F)S(=O)(=O)OC(CC1(C)OCCCO1)C(F)(F)F. The molecule has 1 heterocycles. The van der Waals surface area contributed by atoms with Gasteiger partial charge in [-0.25, -0.2) is 9.18 Å². The first-order chi connectivity index (χ1) is 15.3. The Hall–Kier alpha value is -1.98. The van der Waals surface area contributed by atoms with Crippen molar-refractivity contribution in [1.82, 2.24) is 5.32 Å². The van der Waals surface area contributed by atoms with Crippen LogP contribution in [0.4, 0.5) is 30.7 Å². The lowest BCUT2D eigenvalue weighted by molar-refractivity contribution is -0.289. The van der Waals surface area contributed by atoms with E-state index in [1.807, 2.05) is 0 Å². The number of hydrogen-bond donors (Lipinski definition) is 1. The van der Waals surface area contributed by atoms with Gasteiger partial charge in [0.05, 0.1) is 19.8 Å². The summed E-state index contributed by atoms with van der Waals surface area (Å²) in [6.45, 7) is 3.29. The summed E-state index contributed by atoms with van der Waals surface area (Å²) >= 11 is 0. The third kappa shape index (κ3) is 7.26. The molecule has 1 N–H and O–H groups in total. The zero-order valence-electron chi connectivity index (χ0n) is 17.8. The molecular weight excluding hydrogens is 511 g/mol. The molecule has 1 saturated heterocycles. The molecule has 1 amide bonds. The Morgan fingerprint density at radius 2 is 1.65 bits per heavy atom. The van der Waals surface area contributed by atoms with Crippen LogP contribution >= 0.6 is 0 Å². The molecule has 0 radical (unpaired) electrons. The van der Waals surface area contributed by atoms with Gasteiger partial charge in [0.2, 0.25) is 0 Å². The monoisotopic (exact) mass is 533 g/mol. The number of rotatable bonds is 10. The Bertz CT molecular complexity index is 868. The quantitative estimate of drug-likeness (QED) is 0.150. The van der Waals surface area contributed by atoms with Crippen LogP contribution in [0, 0.1) is 0 Å². The summed E-state index contributed by atoms with van der Waals surface area (Å²) in [7, 11) is -6.96. The highest BCUT2D eigenvalue weighted by molar-refractivity contribution is 7.89. The highest BCUT2D eigenvalue weighted by atomic mass is 32.2. The van der Waals surface area contributed by atoms with Crippen LogP contribution in [0.25, 0.3) is 0 Å². The predicted octanol–water partition coefficient (Wildman–Crippen LogP) is 2.27. The van der Waals surface area contributed by atoms with Gasteiger partial charge in [-0.1, -0.05) is 6.58 Å². The fourth-order valence-corrected chi connectivity index (χ4v) is 3.68. The zero-order valence-corrected chi connectivity index (χ0v) is 18.7. The fraction of sp³-hybridized carbons (Fsp3) is 0.765. The number of esters is 1. The molecule has 1 aliphatic rings. The van der Waals surface area contributed by atoms with Gasteiger partial charge in [-0.3, -0.25) is 8.98 Å². The molecule has 0 aromatic rings. The summed E-state index contributed by atoms with van der Waals surface area (Å²) in [6, 6.07) is 0. The van der Waals surface area contributed by atoms with E-state index in [4.69, 9.17) is 9.47 Å². The molecule has 0 aromatic carbocycles. The zero-order chi connectivity index (χ0) is 26.6. The summed E-state index contributed by atoms with van der Waals surface area (Å²) in [5.74, 6) is -6.04. The Morgan fingerprint density at radius 3 is 2.09 bits per heavy atom. The average molecular weight is 533 g/mol. The van der Waals surface area contributed by atoms with Gasteiger partial charge in [0, 0.05) is 12.0 Å². The molecule has 2 unspecified atom stereocenters. The molecule has 1 aliphatic heterocycles. The molecule has 9 nitrogen and oxygen atoms in total. The number of carbonyl (C=O) groups excluding carboxylic acids is 2. The van der Waals surface area contributed by atoms with Crippen LogP contribution in [0.3, 0.4) is 0 Å². The first kappa shape index (κ1) is 30.1. The average Bonchev–Trinajstić information content (AvgIpc) is 2.68. The van der Waals surface area contributed by atoms with Crippen LogP contribution in [0.1, 0.15) is 26.7 Å². The Morgan fingerprint density at radius 1 is 1.12 bits per heavy atom. The minimum atomic E-state index is -6.96. The van der Waals surface area contributed by atoms with E-state index in [-0.39, 0.29) is 25.2 Å². The Balaban J connectivity index is 3.14. The smallest absolute Gasteiger partial charge is 0.449 e. The van der Waals surface area contributed by atoms with Crippen LogP contribution in [0.2, 0.25) is 0 Å². The molecule has 17 heteroatoms. The molecule has 2 atom stereocenters. The Labute approximate surface area is 189 Å². The maximum Gasteiger partial charge on any atom is 0.449 e. The van der Waals surface area contributed by atoms with Crippen molar-refractivity contribution in [3.05, 3.63) is 12.2 Å². The molecule has 1 fully saturated rings. The fourth-order valence-electron chi connectivity index (χ4n) is 2.48. The van der Waals surface area contributed by atoms with E-state index in [1.54, 1.807) is 0 Å². The summed E-state index contributed by atoms with van der Waals surface area (Å²) < 4.78 is 137. The van der Waals surface area contributed by atoms with Gasteiger partial charge in [0.25, 0.3) is 5.91 Å². The molecule has 198 valence electrons. The summed E-state index contributed by atoms with van der Waals surface area (Å²) in [6.07, 6.45) is -16.9. The molecule has 0 aliphatic carbocycles. The number of alkyl halides is 7. The molecule has 0 spiro atoms. The van der Waals surface area contributed by atoms with E-state index in [2.05, 4.69) is 15.5 Å². The van der Waals surface area contributed by atoms with Crippen LogP contribution in [-0.2, 0) is 38.1 Å². The van der Waals surface area contributed by atoms with Gasteiger partial charge < -0.3 is 19.5 Å². The Kier molecular flexibility index (Phi) is 9.49. The van der Waals surface area contributed by atoms with Crippen molar-refractivity contribution in [3.8, 4) is 0 Å². The lowest BCUT2D eigenvalue weighted by Gasteiger charge is -2.37. The molecule has 0 aromatic heterocycles. The molecule has 0 bridgehead atoms. The van der Waals surface area contributed by atoms with Gasteiger partial charge in [-0.15, -0.1) is 0 Å². The van der Waals surface area contributed by atoms with Crippen molar-refractivity contribution in [2.45, 2.75) is 55.9 Å². The van der Waals surface area contributed by atoms with Crippen molar-refractivity contribution < 1.29 is 67.1 Å².